The first-order chi connectivity index (χ1) is 9.22. The molecule has 0 aromatic carbocycles. The fraction of sp³-hybridized carbons (Fsp3) is 0.750. The van der Waals surface area contributed by atoms with Gasteiger partial charge in [0.2, 0.25) is 0 Å². The van der Waals surface area contributed by atoms with E-state index in [9.17, 15) is 0 Å². The Morgan fingerprint density at radius 3 is 2.89 bits per heavy atom. The van der Waals surface area contributed by atoms with Crippen LogP contribution >= 0.6 is 0 Å². The van der Waals surface area contributed by atoms with Crippen molar-refractivity contribution in [3.05, 3.63) is 23.7 Å². The summed E-state index contributed by atoms with van der Waals surface area (Å²) < 4.78 is 5.69. The molecule has 2 heterocycles. The Hall–Kier alpha value is -0.800. The molecule has 19 heavy (non-hydrogen) atoms. The monoisotopic (exact) mass is 262 g/mol. The van der Waals surface area contributed by atoms with Crippen molar-refractivity contribution < 1.29 is 4.42 Å². The predicted octanol–water partition coefficient (Wildman–Crippen LogP) is 3.01. The summed E-state index contributed by atoms with van der Waals surface area (Å²) in [6, 6.07) is 2.89. The molecule has 1 saturated heterocycles. The third-order valence-electron chi connectivity index (χ3n) is 4.62. The zero-order valence-electron chi connectivity index (χ0n) is 12.2. The molecule has 1 unspecified atom stereocenters. The highest BCUT2D eigenvalue weighted by molar-refractivity contribution is 5.17. The molecule has 1 N–H and O–H groups in total. The minimum Gasteiger partial charge on any atom is -0.468 e. The van der Waals surface area contributed by atoms with Crippen LogP contribution < -0.4 is 5.32 Å². The molecule has 0 spiro atoms. The van der Waals surface area contributed by atoms with Gasteiger partial charge in [-0.3, -0.25) is 4.90 Å². The topological polar surface area (TPSA) is 28.4 Å². The number of nitrogens with zero attached hydrogens (tertiary/aromatic N) is 1. The Bertz CT molecular complexity index is 409. The molecule has 1 aromatic heterocycles. The molecule has 1 aliphatic heterocycles. The van der Waals surface area contributed by atoms with Gasteiger partial charge in [0.05, 0.1) is 12.8 Å². The van der Waals surface area contributed by atoms with E-state index >= 15 is 0 Å². The van der Waals surface area contributed by atoms with Gasteiger partial charge in [-0.05, 0) is 43.7 Å². The number of hydrogen-bond donors (Lipinski definition) is 1. The molecular formula is C16H26N2O. The van der Waals surface area contributed by atoms with Crippen LogP contribution in [-0.2, 0) is 13.1 Å². The van der Waals surface area contributed by atoms with Crippen LogP contribution in [0.5, 0.6) is 0 Å². The van der Waals surface area contributed by atoms with Crippen LogP contribution in [0.4, 0.5) is 0 Å². The summed E-state index contributed by atoms with van der Waals surface area (Å²) in [6.07, 6.45) is 5.87. The molecule has 0 radical (unpaired) electrons. The first kappa shape index (κ1) is 13.2. The Morgan fingerprint density at radius 1 is 1.37 bits per heavy atom. The lowest BCUT2D eigenvalue weighted by atomic mass is 9.95. The van der Waals surface area contributed by atoms with Gasteiger partial charge in [0.1, 0.15) is 5.76 Å². The van der Waals surface area contributed by atoms with Crippen LogP contribution in [-0.4, -0.2) is 24.0 Å². The Morgan fingerprint density at radius 2 is 2.21 bits per heavy atom. The molecule has 3 rings (SSSR count). The first-order valence-electron chi connectivity index (χ1n) is 7.73. The molecule has 3 heteroatoms. The van der Waals surface area contributed by atoms with Crippen LogP contribution in [0.25, 0.3) is 0 Å². The average Bonchev–Trinajstić information content (AvgIpc) is 2.92. The lowest BCUT2D eigenvalue weighted by Crippen LogP contribution is -2.23. The molecular weight excluding hydrogens is 236 g/mol. The lowest BCUT2D eigenvalue weighted by Gasteiger charge is -2.17. The van der Waals surface area contributed by atoms with Gasteiger partial charge in [0.15, 0.2) is 0 Å². The summed E-state index contributed by atoms with van der Waals surface area (Å²) in [4.78, 5) is 2.55. The maximum absolute atomic E-state index is 5.69. The van der Waals surface area contributed by atoms with E-state index in [4.69, 9.17) is 4.42 Å². The first-order valence-corrected chi connectivity index (χ1v) is 7.73. The zero-order chi connectivity index (χ0) is 13.2. The number of likely N-dealkylation sites (tertiary alicyclic amines) is 1. The standard InChI is InChI=1S/C16H26N2O/c1-12(2)14-5-7-18(10-14)11-16-13(6-8-19-16)9-17-15-3-4-15/h6,8,12,14-15,17H,3-5,7,9-11H2,1-2H3. The number of nitrogens with one attached hydrogen (secondary N) is 1. The number of hydrogen-bond acceptors (Lipinski definition) is 3. The van der Waals surface area contributed by atoms with Gasteiger partial charge >= 0.3 is 0 Å². The Labute approximate surface area is 116 Å². The molecule has 2 fully saturated rings. The largest absolute Gasteiger partial charge is 0.468 e. The molecule has 0 amide bonds. The van der Waals surface area contributed by atoms with Gasteiger partial charge in [-0.1, -0.05) is 13.8 Å². The zero-order valence-corrected chi connectivity index (χ0v) is 12.2. The van der Waals surface area contributed by atoms with Gasteiger partial charge in [-0.2, -0.15) is 0 Å². The van der Waals surface area contributed by atoms with E-state index in [0.29, 0.717) is 0 Å². The van der Waals surface area contributed by atoms with Crippen molar-refractivity contribution >= 4 is 0 Å². The molecule has 2 aliphatic rings. The molecule has 1 atom stereocenters. The van der Waals surface area contributed by atoms with Gasteiger partial charge in [-0.25, -0.2) is 0 Å². The van der Waals surface area contributed by atoms with Crippen molar-refractivity contribution in [1.29, 1.82) is 0 Å². The second-order valence-corrected chi connectivity index (χ2v) is 6.55. The second kappa shape index (κ2) is 5.68. The maximum Gasteiger partial charge on any atom is 0.122 e. The SMILES string of the molecule is CC(C)C1CCN(Cc2occc2CNC2CC2)C1. The van der Waals surface area contributed by atoms with Crippen molar-refractivity contribution in [3.8, 4) is 0 Å². The van der Waals surface area contributed by atoms with Crippen LogP contribution in [0.15, 0.2) is 16.7 Å². The summed E-state index contributed by atoms with van der Waals surface area (Å²) in [5.74, 6) is 2.83. The summed E-state index contributed by atoms with van der Waals surface area (Å²) in [7, 11) is 0. The summed E-state index contributed by atoms with van der Waals surface area (Å²) in [6.45, 7) is 9.08. The third kappa shape index (κ3) is 3.40. The van der Waals surface area contributed by atoms with Crippen molar-refractivity contribution in [3.63, 3.8) is 0 Å². The van der Waals surface area contributed by atoms with Gasteiger partial charge < -0.3 is 9.73 Å². The van der Waals surface area contributed by atoms with Crippen LogP contribution in [0.3, 0.4) is 0 Å². The molecule has 0 bridgehead atoms. The smallest absolute Gasteiger partial charge is 0.122 e. The van der Waals surface area contributed by atoms with Crippen LogP contribution in [0, 0.1) is 11.8 Å². The Kier molecular flexibility index (Phi) is 3.94. The summed E-state index contributed by atoms with van der Waals surface area (Å²) in [5.41, 5.74) is 1.35. The van der Waals surface area contributed by atoms with Crippen molar-refractivity contribution in [2.24, 2.45) is 11.8 Å². The normalized spacial score (nSPS) is 24.5. The Balaban J connectivity index is 1.53. The van der Waals surface area contributed by atoms with Crippen molar-refractivity contribution in [2.75, 3.05) is 13.1 Å². The van der Waals surface area contributed by atoms with Gasteiger partial charge in [-0.15, -0.1) is 0 Å². The summed E-state index contributed by atoms with van der Waals surface area (Å²) >= 11 is 0. The quantitative estimate of drug-likeness (QED) is 0.854. The van der Waals surface area contributed by atoms with Gasteiger partial charge in [0, 0.05) is 24.7 Å². The third-order valence-corrected chi connectivity index (χ3v) is 4.62. The molecule has 106 valence electrons. The van der Waals surface area contributed by atoms with E-state index in [1.807, 2.05) is 6.26 Å². The average molecular weight is 262 g/mol. The number of furan rings is 1. The lowest BCUT2D eigenvalue weighted by molar-refractivity contribution is 0.271. The molecule has 1 saturated carbocycles. The highest BCUT2D eigenvalue weighted by Gasteiger charge is 2.26. The fourth-order valence-electron chi connectivity index (χ4n) is 2.96. The minimum absolute atomic E-state index is 0.764. The van der Waals surface area contributed by atoms with Crippen molar-refractivity contribution in [1.82, 2.24) is 10.2 Å². The highest BCUT2D eigenvalue weighted by Crippen LogP contribution is 2.26. The van der Waals surface area contributed by atoms with E-state index in [1.54, 1.807) is 0 Å². The molecule has 3 nitrogen and oxygen atoms in total. The van der Waals surface area contributed by atoms with E-state index in [0.717, 1.165) is 36.7 Å². The number of rotatable bonds is 6. The summed E-state index contributed by atoms with van der Waals surface area (Å²) in [5, 5.41) is 3.57. The molecule has 1 aliphatic carbocycles. The second-order valence-electron chi connectivity index (χ2n) is 6.55. The van der Waals surface area contributed by atoms with E-state index in [-0.39, 0.29) is 0 Å². The fourth-order valence-corrected chi connectivity index (χ4v) is 2.96. The van der Waals surface area contributed by atoms with E-state index in [1.165, 1.54) is 37.9 Å². The van der Waals surface area contributed by atoms with Crippen molar-refractivity contribution in [2.45, 2.75) is 52.2 Å². The molecule has 1 aromatic rings. The van der Waals surface area contributed by atoms with Crippen LogP contribution in [0.2, 0.25) is 0 Å². The highest BCUT2D eigenvalue weighted by atomic mass is 16.3. The van der Waals surface area contributed by atoms with Gasteiger partial charge in [0.25, 0.3) is 0 Å². The van der Waals surface area contributed by atoms with E-state index in [2.05, 4.69) is 30.1 Å². The van der Waals surface area contributed by atoms with E-state index < -0.39 is 0 Å². The van der Waals surface area contributed by atoms with Crippen LogP contribution in [0.1, 0.15) is 44.4 Å². The maximum atomic E-state index is 5.69. The predicted molar refractivity (Wildman–Crippen MR) is 76.8 cm³/mol. The minimum atomic E-state index is 0.764.